The monoisotopic (exact) mass is 308 g/mol. The van der Waals surface area contributed by atoms with Crippen molar-refractivity contribution in [2.75, 3.05) is 5.32 Å². The molecule has 0 saturated heterocycles. The molecule has 0 amide bonds. The average molecular weight is 309 g/mol. The van der Waals surface area contributed by atoms with E-state index in [0.29, 0.717) is 17.2 Å². The predicted molar refractivity (Wildman–Crippen MR) is 82.0 cm³/mol. The number of nitrogens with one attached hydrogen (secondary N) is 1. The van der Waals surface area contributed by atoms with Gasteiger partial charge in [0.2, 0.25) is 0 Å². The molecule has 3 atom stereocenters. The van der Waals surface area contributed by atoms with Crippen molar-refractivity contribution in [3.05, 3.63) is 38.9 Å². The minimum Gasteiger partial charge on any atom is -0.506 e. The van der Waals surface area contributed by atoms with Gasteiger partial charge in [-0.25, -0.2) is 0 Å². The maximum absolute atomic E-state index is 11.4. The fourth-order valence-electron chi connectivity index (χ4n) is 3.59. The van der Waals surface area contributed by atoms with E-state index in [4.69, 9.17) is 11.6 Å². The van der Waals surface area contributed by atoms with E-state index >= 15 is 0 Å². The number of nitro groups is 1. The van der Waals surface area contributed by atoms with Gasteiger partial charge in [-0.15, -0.1) is 0 Å². The molecule has 0 spiro atoms. The van der Waals surface area contributed by atoms with Gasteiger partial charge in [0.1, 0.15) is 10.8 Å². The van der Waals surface area contributed by atoms with E-state index < -0.39 is 4.92 Å². The maximum atomic E-state index is 11.4. The van der Waals surface area contributed by atoms with Crippen molar-refractivity contribution in [1.29, 1.82) is 0 Å². The zero-order valence-electron chi connectivity index (χ0n) is 11.8. The normalized spacial score (nSPS) is 26.4. The maximum Gasteiger partial charge on any atom is 0.293 e. The van der Waals surface area contributed by atoms with E-state index in [1.54, 1.807) is 0 Å². The Kier molecular flexibility index (Phi) is 3.32. The van der Waals surface area contributed by atoms with Gasteiger partial charge in [0, 0.05) is 18.0 Å². The van der Waals surface area contributed by atoms with E-state index in [2.05, 4.69) is 25.2 Å². The fraction of sp³-hybridized carbons (Fsp3) is 0.467. The molecule has 1 aliphatic heterocycles. The first-order valence-electron chi connectivity index (χ1n) is 7.04. The fourth-order valence-corrected chi connectivity index (χ4v) is 3.87. The number of nitro benzene ring substituents is 1. The lowest BCUT2D eigenvalue weighted by Crippen LogP contribution is -2.39. The molecule has 3 rings (SSSR count). The van der Waals surface area contributed by atoms with Crippen LogP contribution in [0.15, 0.2) is 18.2 Å². The molecule has 0 saturated carbocycles. The van der Waals surface area contributed by atoms with Crippen LogP contribution in [0.5, 0.6) is 5.75 Å². The summed E-state index contributed by atoms with van der Waals surface area (Å²) < 4.78 is 0. The van der Waals surface area contributed by atoms with E-state index in [1.807, 2.05) is 6.08 Å². The first-order chi connectivity index (χ1) is 9.91. The summed E-state index contributed by atoms with van der Waals surface area (Å²) in [5.74, 6) is 0.525. The molecule has 112 valence electrons. The molecular formula is C15H17ClN2O3. The molecule has 0 unspecified atom stereocenters. The van der Waals surface area contributed by atoms with Crippen molar-refractivity contribution < 1.29 is 10.0 Å². The molecule has 1 aromatic carbocycles. The summed E-state index contributed by atoms with van der Waals surface area (Å²) in [5.41, 5.74) is 0.874. The molecule has 0 bridgehead atoms. The van der Waals surface area contributed by atoms with Crippen LogP contribution in [0.3, 0.4) is 0 Å². The number of aromatic hydroxyl groups is 1. The highest BCUT2D eigenvalue weighted by atomic mass is 35.5. The lowest BCUT2D eigenvalue weighted by Gasteiger charge is -2.39. The molecule has 2 aliphatic rings. The topological polar surface area (TPSA) is 75.4 Å². The molecule has 1 aromatic rings. The number of allylic oxidation sites excluding steroid dienone is 2. The number of fused-ring (bicyclic) bond motifs is 3. The second kappa shape index (κ2) is 4.91. The molecule has 5 nitrogen and oxygen atoms in total. The van der Waals surface area contributed by atoms with E-state index in [0.717, 1.165) is 6.42 Å². The van der Waals surface area contributed by atoms with Gasteiger partial charge in [-0.3, -0.25) is 10.1 Å². The third-order valence-electron chi connectivity index (χ3n) is 4.49. The van der Waals surface area contributed by atoms with Crippen LogP contribution in [0.25, 0.3) is 0 Å². The number of phenolic OH excluding ortho intramolecular Hbond substituents is 1. The van der Waals surface area contributed by atoms with Crippen molar-refractivity contribution in [3.63, 3.8) is 0 Å². The van der Waals surface area contributed by atoms with Crippen LogP contribution in [0.2, 0.25) is 5.02 Å². The van der Waals surface area contributed by atoms with Gasteiger partial charge < -0.3 is 10.4 Å². The molecule has 0 fully saturated rings. The first-order valence-corrected chi connectivity index (χ1v) is 7.42. The predicted octanol–water partition coefficient (Wildman–Crippen LogP) is 4.06. The zero-order valence-corrected chi connectivity index (χ0v) is 12.6. The van der Waals surface area contributed by atoms with Crippen LogP contribution in [0.4, 0.5) is 11.4 Å². The second-order valence-corrected chi connectivity index (χ2v) is 6.45. The number of rotatable bonds is 2. The Bertz CT molecular complexity index is 642. The number of nitrogens with zero attached hydrogens (tertiary/aromatic N) is 1. The SMILES string of the molecule is CC(C)[C@H]1Nc2c(O)cc(Cl)c([N+](=O)[O-])c2[C@@H]2C=CC[C@@H]12. The third-order valence-corrected chi connectivity index (χ3v) is 4.78. The quantitative estimate of drug-likeness (QED) is 0.374. The number of hydrogen-bond donors (Lipinski definition) is 2. The molecule has 0 radical (unpaired) electrons. The Morgan fingerprint density at radius 2 is 2.24 bits per heavy atom. The summed E-state index contributed by atoms with van der Waals surface area (Å²) in [6.07, 6.45) is 4.94. The smallest absolute Gasteiger partial charge is 0.293 e. The molecule has 0 aromatic heterocycles. The van der Waals surface area contributed by atoms with Crippen molar-refractivity contribution in [2.24, 2.45) is 11.8 Å². The van der Waals surface area contributed by atoms with Crippen molar-refractivity contribution in [1.82, 2.24) is 0 Å². The van der Waals surface area contributed by atoms with Gasteiger partial charge >= 0.3 is 0 Å². The molecule has 1 aliphatic carbocycles. The highest BCUT2D eigenvalue weighted by molar-refractivity contribution is 6.33. The summed E-state index contributed by atoms with van der Waals surface area (Å²) in [7, 11) is 0. The molecule has 2 N–H and O–H groups in total. The number of anilines is 1. The lowest BCUT2D eigenvalue weighted by atomic mass is 9.75. The van der Waals surface area contributed by atoms with Crippen LogP contribution >= 0.6 is 11.6 Å². The minimum absolute atomic E-state index is 0.0138. The second-order valence-electron chi connectivity index (χ2n) is 6.04. The average Bonchev–Trinajstić information content (AvgIpc) is 2.86. The van der Waals surface area contributed by atoms with E-state index in [9.17, 15) is 15.2 Å². The van der Waals surface area contributed by atoms with Crippen LogP contribution in [0.1, 0.15) is 31.7 Å². The Morgan fingerprint density at radius 1 is 1.52 bits per heavy atom. The van der Waals surface area contributed by atoms with Gasteiger partial charge in [0.25, 0.3) is 5.69 Å². The van der Waals surface area contributed by atoms with Crippen LogP contribution in [-0.2, 0) is 0 Å². The number of hydrogen-bond acceptors (Lipinski definition) is 4. The molecular weight excluding hydrogens is 292 g/mol. The molecule has 1 heterocycles. The summed E-state index contributed by atoms with van der Waals surface area (Å²) >= 11 is 6.00. The number of benzene rings is 1. The molecule has 21 heavy (non-hydrogen) atoms. The summed E-state index contributed by atoms with van der Waals surface area (Å²) in [4.78, 5) is 10.9. The summed E-state index contributed by atoms with van der Waals surface area (Å²) in [5, 5.41) is 24.9. The Morgan fingerprint density at radius 3 is 2.86 bits per heavy atom. The van der Waals surface area contributed by atoms with E-state index in [-0.39, 0.29) is 34.3 Å². The highest BCUT2D eigenvalue weighted by Gasteiger charge is 2.44. The Balaban J connectivity index is 2.24. The van der Waals surface area contributed by atoms with Crippen molar-refractivity contribution in [3.8, 4) is 5.75 Å². The van der Waals surface area contributed by atoms with Crippen LogP contribution < -0.4 is 5.32 Å². The third kappa shape index (κ3) is 2.07. The largest absolute Gasteiger partial charge is 0.506 e. The summed E-state index contributed by atoms with van der Waals surface area (Å²) in [6.45, 7) is 4.22. The zero-order chi connectivity index (χ0) is 15.3. The van der Waals surface area contributed by atoms with Gasteiger partial charge in [-0.2, -0.15) is 0 Å². The number of phenols is 1. The highest BCUT2D eigenvalue weighted by Crippen LogP contribution is 2.54. The molecule has 6 heteroatoms. The lowest BCUT2D eigenvalue weighted by molar-refractivity contribution is -0.385. The summed E-state index contributed by atoms with van der Waals surface area (Å²) in [6, 6.07) is 1.42. The minimum atomic E-state index is -0.457. The van der Waals surface area contributed by atoms with Gasteiger partial charge in [-0.05, 0) is 18.3 Å². The number of halogens is 1. The van der Waals surface area contributed by atoms with Crippen molar-refractivity contribution in [2.45, 2.75) is 32.2 Å². The van der Waals surface area contributed by atoms with E-state index in [1.165, 1.54) is 6.07 Å². The Hall–Kier alpha value is -1.75. The standard InChI is InChI=1S/C15H17ClN2O3/c1-7(2)13-9-5-3-4-8(9)12-14(17-13)11(19)6-10(16)15(12)18(20)21/h3-4,6-9,13,17,19H,5H2,1-2H3/t8-,9-,13-/m1/s1. The Labute approximate surface area is 127 Å². The first kappa shape index (κ1) is 14.2. The van der Waals surface area contributed by atoms with Gasteiger partial charge in [-0.1, -0.05) is 37.6 Å². The van der Waals surface area contributed by atoms with Crippen LogP contribution in [0, 0.1) is 22.0 Å². The van der Waals surface area contributed by atoms with Crippen LogP contribution in [-0.4, -0.2) is 16.1 Å². The van der Waals surface area contributed by atoms with Gasteiger partial charge in [0.05, 0.1) is 16.2 Å². The van der Waals surface area contributed by atoms with Crippen molar-refractivity contribution >= 4 is 23.0 Å². The van der Waals surface area contributed by atoms with Gasteiger partial charge in [0.15, 0.2) is 0 Å².